The maximum atomic E-state index is 14.7. The van der Waals surface area contributed by atoms with Crippen LogP contribution in [-0.2, 0) is 13.0 Å². The Morgan fingerprint density at radius 3 is 2.74 bits per heavy atom. The zero-order valence-corrected chi connectivity index (χ0v) is 21.6. The van der Waals surface area contributed by atoms with E-state index < -0.39 is 11.6 Å². The van der Waals surface area contributed by atoms with Crippen LogP contribution in [0.4, 0.5) is 13.6 Å². The molecule has 6 rings (SSSR count). The maximum Gasteiger partial charge on any atom is 0.327 e. The molecule has 2 aliphatic heterocycles. The van der Waals surface area contributed by atoms with Crippen LogP contribution < -0.4 is 11.0 Å². The van der Waals surface area contributed by atoms with Crippen molar-refractivity contribution in [2.45, 2.75) is 63.6 Å². The van der Waals surface area contributed by atoms with Crippen molar-refractivity contribution >= 4 is 17.2 Å². The number of nitrogens with zero attached hydrogens (tertiary/aromatic N) is 6. The number of H-pyrrole nitrogens is 1. The van der Waals surface area contributed by atoms with Crippen molar-refractivity contribution < 1.29 is 13.6 Å². The van der Waals surface area contributed by atoms with Crippen molar-refractivity contribution in [1.82, 2.24) is 39.3 Å². The third-order valence-corrected chi connectivity index (χ3v) is 8.08. The first kappa shape index (κ1) is 25.2. The summed E-state index contributed by atoms with van der Waals surface area (Å²) in [5.41, 5.74) is 2.27. The maximum absolute atomic E-state index is 14.7. The number of hydrogen-bond acceptors (Lipinski definition) is 5. The number of nitrogens with one attached hydrogen (secondary N) is 2. The first-order valence-corrected chi connectivity index (χ1v) is 13.4. The van der Waals surface area contributed by atoms with Crippen molar-refractivity contribution in [3.05, 3.63) is 76.1 Å². The number of piperidine rings is 1. The molecular formula is C27H30F2N8O2. The second kappa shape index (κ2) is 10.2. The molecule has 0 radical (unpaired) electrons. The number of aromatic nitrogens is 6. The van der Waals surface area contributed by atoms with E-state index in [0.29, 0.717) is 62.0 Å². The van der Waals surface area contributed by atoms with Gasteiger partial charge in [0, 0.05) is 43.5 Å². The van der Waals surface area contributed by atoms with Crippen LogP contribution >= 0.6 is 0 Å². The van der Waals surface area contributed by atoms with Gasteiger partial charge in [0.05, 0.1) is 12.2 Å². The van der Waals surface area contributed by atoms with Gasteiger partial charge in [0.1, 0.15) is 17.7 Å². The Labute approximate surface area is 223 Å². The van der Waals surface area contributed by atoms with Crippen molar-refractivity contribution in [1.29, 1.82) is 0 Å². The van der Waals surface area contributed by atoms with Crippen LogP contribution in [0.25, 0.3) is 11.2 Å². The topological polar surface area (TPSA) is 114 Å². The van der Waals surface area contributed by atoms with Crippen LogP contribution in [0.5, 0.6) is 0 Å². The van der Waals surface area contributed by atoms with Crippen molar-refractivity contribution in [3.8, 4) is 0 Å². The molecule has 204 valence electrons. The number of amides is 2. The fraction of sp³-hybridized carbons (Fsp3) is 0.444. The van der Waals surface area contributed by atoms with Crippen LogP contribution in [0, 0.1) is 11.6 Å². The summed E-state index contributed by atoms with van der Waals surface area (Å²) < 4.78 is 32.4. The summed E-state index contributed by atoms with van der Waals surface area (Å²) >= 11 is 0. The van der Waals surface area contributed by atoms with E-state index >= 15 is 0 Å². The summed E-state index contributed by atoms with van der Waals surface area (Å²) in [5, 5.41) is 3.15. The van der Waals surface area contributed by atoms with Gasteiger partial charge in [0.25, 0.3) is 0 Å². The van der Waals surface area contributed by atoms with E-state index in [2.05, 4.69) is 25.3 Å². The number of benzene rings is 1. The Bertz CT molecular complexity index is 1570. The molecule has 1 aromatic carbocycles. The van der Waals surface area contributed by atoms with E-state index in [1.165, 1.54) is 12.4 Å². The van der Waals surface area contributed by atoms with Gasteiger partial charge >= 0.3 is 11.7 Å². The number of imidazole rings is 2. The molecule has 1 saturated heterocycles. The SMILES string of the molecule is CCc1cnc2n1C[C@H](c1cccc(F)c1F)CC[C@H]2NC(=O)N1CCC(n2c(=O)[nH]c3ncncc32)CC1. The van der Waals surface area contributed by atoms with Gasteiger partial charge in [-0.1, -0.05) is 19.1 Å². The molecule has 4 aromatic rings. The lowest BCUT2D eigenvalue weighted by Crippen LogP contribution is -2.46. The molecule has 39 heavy (non-hydrogen) atoms. The lowest BCUT2D eigenvalue weighted by atomic mass is 9.92. The molecule has 2 atom stereocenters. The number of aromatic amines is 1. The zero-order valence-electron chi connectivity index (χ0n) is 21.6. The standard InChI is InChI=1S/C27H30F2N8O2/c1-2-17-12-31-25-21(7-6-16(14-36(17)25)19-4-3-5-20(28)23(19)29)33-26(38)35-10-8-18(9-11-35)37-22-13-30-15-32-24(22)34-27(37)39/h3-5,12-13,15-16,18,21H,2,6-11,14H2,1H3,(H,33,38)(H,30,32,34,39)/t16-,21-/m1/s1. The predicted molar refractivity (Wildman–Crippen MR) is 139 cm³/mol. The van der Waals surface area contributed by atoms with E-state index in [9.17, 15) is 18.4 Å². The Morgan fingerprint density at radius 1 is 1.13 bits per heavy atom. The molecule has 1 fully saturated rings. The normalized spacial score (nSPS) is 20.1. The highest BCUT2D eigenvalue weighted by atomic mass is 19.2. The van der Waals surface area contributed by atoms with Crippen LogP contribution in [0.2, 0.25) is 0 Å². The Hall–Kier alpha value is -4.09. The number of aryl methyl sites for hydroxylation is 1. The number of hydrogen-bond donors (Lipinski definition) is 2. The monoisotopic (exact) mass is 536 g/mol. The molecule has 2 N–H and O–H groups in total. The number of fused-ring (bicyclic) bond motifs is 2. The molecule has 5 heterocycles. The summed E-state index contributed by atoms with van der Waals surface area (Å²) in [4.78, 5) is 43.2. The third kappa shape index (κ3) is 4.57. The minimum absolute atomic E-state index is 0.0629. The van der Waals surface area contributed by atoms with Gasteiger partial charge in [0.15, 0.2) is 17.3 Å². The molecule has 2 amide bonds. The largest absolute Gasteiger partial charge is 0.330 e. The summed E-state index contributed by atoms with van der Waals surface area (Å²) in [6.07, 6.45) is 7.92. The minimum Gasteiger partial charge on any atom is -0.330 e. The van der Waals surface area contributed by atoms with E-state index in [0.717, 1.165) is 24.0 Å². The van der Waals surface area contributed by atoms with Crippen LogP contribution in [0.15, 0.2) is 41.7 Å². The number of likely N-dealkylation sites (tertiary alicyclic amines) is 1. The molecule has 2 aliphatic rings. The first-order valence-electron chi connectivity index (χ1n) is 13.4. The van der Waals surface area contributed by atoms with Gasteiger partial charge in [-0.2, -0.15) is 0 Å². The zero-order chi connectivity index (χ0) is 27.1. The van der Waals surface area contributed by atoms with Crippen molar-refractivity contribution in [3.63, 3.8) is 0 Å². The van der Waals surface area contributed by atoms with Gasteiger partial charge in [0.2, 0.25) is 0 Å². The highest BCUT2D eigenvalue weighted by Gasteiger charge is 2.32. The Kier molecular flexibility index (Phi) is 6.61. The van der Waals surface area contributed by atoms with Crippen molar-refractivity contribution in [2.24, 2.45) is 0 Å². The number of rotatable bonds is 4. The average Bonchev–Trinajstić information content (AvgIpc) is 3.45. The van der Waals surface area contributed by atoms with Gasteiger partial charge < -0.3 is 14.8 Å². The third-order valence-electron chi connectivity index (χ3n) is 8.08. The van der Waals surface area contributed by atoms with Gasteiger partial charge in [-0.3, -0.25) is 9.55 Å². The van der Waals surface area contributed by atoms with Gasteiger partial charge in [-0.15, -0.1) is 0 Å². The van der Waals surface area contributed by atoms with Crippen LogP contribution in [-0.4, -0.2) is 53.1 Å². The highest BCUT2D eigenvalue weighted by molar-refractivity contribution is 5.75. The summed E-state index contributed by atoms with van der Waals surface area (Å²) in [6, 6.07) is 3.69. The molecule has 3 aromatic heterocycles. The van der Waals surface area contributed by atoms with E-state index in [4.69, 9.17) is 0 Å². The molecule has 0 bridgehead atoms. The van der Waals surface area contributed by atoms with Gasteiger partial charge in [-0.05, 0) is 43.7 Å². The lowest BCUT2D eigenvalue weighted by Gasteiger charge is -2.33. The average molecular weight is 537 g/mol. The number of halogens is 2. The van der Waals surface area contributed by atoms with E-state index in [-0.39, 0.29) is 29.7 Å². The molecule has 12 heteroatoms. The fourth-order valence-electron chi connectivity index (χ4n) is 6.03. The molecular weight excluding hydrogens is 506 g/mol. The predicted octanol–water partition coefficient (Wildman–Crippen LogP) is 3.82. The molecule has 0 unspecified atom stereocenters. The number of carbonyl (C=O) groups is 1. The minimum atomic E-state index is -0.853. The lowest BCUT2D eigenvalue weighted by molar-refractivity contribution is 0.167. The molecule has 0 saturated carbocycles. The highest BCUT2D eigenvalue weighted by Crippen LogP contribution is 2.35. The Morgan fingerprint density at radius 2 is 1.95 bits per heavy atom. The second-order valence-corrected chi connectivity index (χ2v) is 10.3. The van der Waals surface area contributed by atoms with E-state index in [1.54, 1.807) is 27.9 Å². The number of urea groups is 1. The Balaban J connectivity index is 1.17. The summed E-state index contributed by atoms with van der Waals surface area (Å²) in [7, 11) is 0. The smallest absolute Gasteiger partial charge is 0.327 e. The molecule has 0 aliphatic carbocycles. The fourth-order valence-corrected chi connectivity index (χ4v) is 6.03. The molecule has 0 spiro atoms. The van der Waals surface area contributed by atoms with Crippen LogP contribution in [0.3, 0.4) is 0 Å². The second-order valence-electron chi connectivity index (χ2n) is 10.3. The van der Waals surface area contributed by atoms with E-state index in [1.807, 2.05) is 11.5 Å². The first-order chi connectivity index (χ1) is 18.9. The molecule has 10 nitrogen and oxygen atoms in total. The van der Waals surface area contributed by atoms with Crippen LogP contribution in [0.1, 0.15) is 67.7 Å². The summed E-state index contributed by atoms with van der Waals surface area (Å²) in [5.74, 6) is -1.17. The quantitative estimate of drug-likeness (QED) is 0.412. The number of carbonyl (C=O) groups excluding carboxylic acids is 1. The summed E-state index contributed by atoms with van der Waals surface area (Å²) in [6.45, 7) is 3.47. The van der Waals surface area contributed by atoms with Crippen molar-refractivity contribution in [2.75, 3.05) is 13.1 Å². The van der Waals surface area contributed by atoms with Gasteiger partial charge in [-0.25, -0.2) is 33.3 Å².